The van der Waals surface area contributed by atoms with Gasteiger partial charge in [-0.05, 0) is 0 Å². The van der Waals surface area contributed by atoms with Gasteiger partial charge in [-0.25, -0.2) is 9.59 Å². The highest BCUT2D eigenvalue weighted by Gasteiger charge is 2.04. The molecule has 0 bridgehead atoms. The van der Waals surface area contributed by atoms with E-state index in [2.05, 4.69) is 19.6 Å². The highest BCUT2D eigenvalue weighted by molar-refractivity contribution is 5.66. The van der Waals surface area contributed by atoms with Crippen LogP contribution in [0.2, 0.25) is 0 Å². The fraction of sp³-hybridized carbons (Fsp3) is 0. The minimum Gasteiger partial charge on any atom is -0.335 e. The maximum absolute atomic E-state index is 10.6. The molecular formula is C4H3N3O3. The van der Waals surface area contributed by atoms with E-state index in [-0.39, 0.29) is 11.2 Å². The van der Waals surface area contributed by atoms with E-state index < -0.39 is 11.3 Å². The van der Waals surface area contributed by atoms with Gasteiger partial charge in [0, 0.05) is 0 Å². The Labute approximate surface area is 52.8 Å². The molecule has 0 atom stereocenters. The highest BCUT2D eigenvalue weighted by atomic mass is 16.5. The van der Waals surface area contributed by atoms with Gasteiger partial charge in [0.2, 0.25) is 0 Å². The Bertz CT molecular complexity index is 455. The van der Waals surface area contributed by atoms with Crippen LogP contribution in [0.25, 0.3) is 11.2 Å². The van der Waals surface area contributed by atoms with Crippen molar-refractivity contribution < 1.29 is 4.52 Å². The number of fused-ring (bicyclic) bond motifs is 1. The summed E-state index contributed by atoms with van der Waals surface area (Å²) in [5.41, 5.74) is -0.567. The monoisotopic (exact) mass is 141 g/mol. The molecule has 0 aromatic carbocycles. The Morgan fingerprint density at radius 1 is 1.20 bits per heavy atom. The summed E-state index contributed by atoms with van der Waals surface area (Å²) in [6.45, 7) is 0. The Hall–Kier alpha value is -1.72. The minimum atomic E-state index is -0.576. The van der Waals surface area contributed by atoms with Gasteiger partial charge in [0.05, 0.1) is 0 Å². The van der Waals surface area contributed by atoms with Crippen LogP contribution in [0.3, 0.4) is 0 Å². The van der Waals surface area contributed by atoms with Crippen molar-refractivity contribution in [2.75, 3.05) is 0 Å². The van der Waals surface area contributed by atoms with Crippen LogP contribution in [0.4, 0.5) is 0 Å². The van der Waals surface area contributed by atoms with Crippen molar-refractivity contribution in [1.29, 1.82) is 0 Å². The van der Waals surface area contributed by atoms with Crippen LogP contribution in [0.15, 0.2) is 14.1 Å². The van der Waals surface area contributed by atoms with E-state index in [1.807, 2.05) is 0 Å². The number of imidazole rings is 1. The van der Waals surface area contributed by atoms with Crippen LogP contribution in [0.5, 0.6) is 0 Å². The Balaban J connectivity index is 3.18. The van der Waals surface area contributed by atoms with E-state index in [9.17, 15) is 9.59 Å². The van der Waals surface area contributed by atoms with Gasteiger partial charge in [-0.15, -0.1) is 0 Å². The first-order valence-electron chi connectivity index (χ1n) is 2.57. The zero-order valence-electron chi connectivity index (χ0n) is 4.72. The molecule has 0 radical (unpaired) electrons. The molecule has 0 saturated heterocycles. The molecule has 2 heterocycles. The number of aromatic nitrogens is 3. The molecule has 2 aromatic rings. The Kier molecular flexibility index (Phi) is 0.717. The molecule has 10 heavy (non-hydrogen) atoms. The summed E-state index contributed by atoms with van der Waals surface area (Å²) in [6, 6.07) is 0. The van der Waals surface area contributed by atoms with E-state index >= 15 is 0 Å². The molecule has 0 aliphatic carbocycles. The summed E-state index contributed by atoms with van der Waals surface area (Å²) < 4.78 is 4.33. The van der Waals surface area contributed by atoms with Gasteiger partial charge in [-0.3, -0.25) is 9.97 Å². The molecule has 0 unspecified atom stereocenters. The van der Waals surface area contributed by atoms with E-state index in [4.69, 9.17) is 0 Å². The van der Waals surface area contributed by atoms with E-state index in [0.717, 1.165) is 0 Å². The zero-order valence-corrected chi connectivity index (χ0v) is 4.72. The number of rotatable bonds is 0. The van der Waals surface area contributed by atoms with Crippen molar-refractivity contribution in [2.24, 2.45) is 0 Å². The molecule has 0 amide bonds. The van der Waals surface area contributed by atoms with Crippen LogP contribution >= 0.6 is 0 Å². The first kappa shape index (κ1) is 5.10. The number of H-pyrrole nitrogens is 3. The normalized spacial score (nSPS) is 10.8. The van der Waals surface area contributed by atoms with Crippen molar-refractivity contribution >= 4 is 11.2 Å². The first-order chi connectivity index (χ1) is 4.77. The second-order valence-electron chi connectivity index (χ2n) is 1.82. The molecule has 3 N–H and O–H groups in total. The summed E-state index contributed by atoms with van der Waals surface area (Å²) in [7, 11) is 0. The predicted molar refractivity (Wildman–Crippen MR) is 31.8 cm³/mol. The molecular weight excluding hydrogens is 138 g/mol. The summed E-state index contributed by atoms with van der Waals surface area (Å²) in [5.74, 6) is 0. The van der Waals surface area contributed by atoms with Gasteiger partial charge in [0.1, 0.15) is 0 Å². The molecule has 0 spiro atoms. The molecule has 6 heteroatoms. The fourth-order valence-corrected chi connectivity index (χ4v) is 0.761. The van der Waals surface area contributed by atoms with Crippen LogP contribution in [0.1, 0.15) is 0 Å². The molecule has 2 aromatic heterocycles. The van der Waals surface area contributed by atoms with E-state index in [1.165, 1.54) is 0 Å². The average Bonchev–Trinajstić information content (AvgIpc) is 2.35. The predicted octanol–water partition coefficient (Wildman–Crippen LogP) is -0.863. The molecule has 0 fully saturated rings. The van der Waals surface area contributed by atoms with Gasteiger partial charge < -0.3 is 4.52 Å². The topological polar surface area (TPSA) is 94.7 Å². The van der Waals surface area contributed by atoms with Crippen LogP contribution in [-0.2, 0) is 0 Å². The number of aromatic amines is 3. The summed E-state index contributed by atoms with van der Waals surface area (Å²) >= 11 is 0. The second kappa shape index (κ2) is 1.41. The average molecular weight is 141 g/mol. The molecule has 0 saturated carbocycles. The quantitative estimate of drug-likeness (QED) is 0.445. The lowest BCUT2D eigenvalue weighted by molar-refractivity contribution is 0.397. The third-order valence-electron chi connectivity index (χ3n) is 1.18. The Morgan fingerprint density at radius 3 is 2.70 bits per heavy atom. The van der Waals surface area contributed by atoms with Gasteiger partial charge in [-0.1, -0.05) is 0 Å². The minimum absolute atomic E-state index is 0.144. The van der Waals surface area contributed by atoms with Crippen LogP contribution in [0, 0.1) is 0 Å². The van der Waals surface area contributed by atoms with Crippen molar-refractivity contribution in [3.05, 3.63) is 20.9 Å². The number of nitrogens with one attached hydrogen (secondary N) is 3. The number of hydrogen-bond acceptors (Lipinski definition) is 3. The van der Waals surface area contributed by atoms with Gasteiger partial charge in [-0.2, -0.15) is 5.16 Å². The molecule has 0 aliphatic heterocycles. The van der Waals surface area contributed by atoms with Crippen molar-refractivity contribution in [3.8, 4) is 0 Å². The highest BCUT2D eigenvalue weighted by Crippen LogP contribution is 1.93. The van der Waals surface area contributed by atoms with Crippen molar-refractivity contribution in [3.63, 3.8) is 0 Å². The lowest BCUT2D eigenvalue weighted by atomic mass is 10.6. The van der Waals surface area contributed by atoms with Gasteiger partial charge in [0.25, 0.3) is 0 Å². The zero-order chi connectivity index (χ0) is 7.14. The Morgan fingerprint density at radius 2 is 2.00 bits per heavy atom. The first-order valence-corrected chi connectivity index (χ1v) is 2.57. The van der Waals surface area contributed by atoms with Crippen LogP contribution in [-0.4, -0.2) is 15.1 Å². The molecule has 0 aliphatic rings. The van der Waals surface area contributed by atoms with Gasteiger partial charge in [0.15, 0.2) is 11.2 Å². The SMILES string of the molecule is O=c1[nH]c2[nH]oc(=O)c2[nH]1. The van der Waals surface area contributed by atoms with Gasteiger partial charge >= 0.3 is 11.3 Å². The van der Waals surface area contributed by atoms with E-state index in [1.54, 1.807) is 0 Å². The third-order valence-corrected chi connectivity index (χ3v) is 1.18. The van der Waals surface area contributed by atoms with Crippen molar-refractivity contribution in [2.45, 2.75) is 0 Å². The summed E-state index contributed by atoms with van der Waals surface area (Å²) in [4.78, 5) is 25.7. The van der Waals surface area contributed by atoms with E-state index in [0.29, 0.717) is 0 Å². The summed E-state index contributed by atoms with van der Waals surface area (Å²) in [5, 5.41) is 2.23. The standard InChI is InChI=1S/C4H3N3O3/c8-3-1-2(7-10-3)6-4(9)5-1/h7H,(H2,5,6,9). The lowest BCUT2D eigenvalue weighted by Crippen LogP contribution is -2.03. The fourth-order valence-electron chi connectivity index (χ4n) is 0.761. The molecule has 52 valence electrons. The smallest absolute Gasteiger partial charge is 0.335 e. The van der Waals surface area contributed by atoms with Crippen molar-refractivity contribution in [1.82, 2.24) is 15.1 Å². The third kappa shape index (κ3) is 0.471. The molecule has 2 rings (SSSR count). The maximum Gasteiger partial charge on any atom is 0.383 e. The maximum atomic E-state index is 10.6. The summed E-state index contributed by atoms with van der Waals surface area (Å²) in [6.07, 6.45) is 0. The second-order valence-corrected chi connectivity index (χ2v) is 1.82. The lowest BCUT2D eigenvalue weighted by Gasteiger charge is -1.64. The number of hydrogen-bond donors (Lipinski definition) is 3. The molecule has 6 nitrogen and oxygen atoms in total. The van der Waals surface area contributed by atoms with Crippen LogP contribution < -0.4 is 11.3 Å². The largest absolute Gasteiger partial charge is 0.383 e.